The summed E-state index contributed by atoms with van der Waals surface area (Å²) < 4.78 is 7.33. The molecule has 206 valence electrons. The molecule has 0 N–H and O–H groups in total. The van der Waals surface area contributed by atoms with E-state index in [0.29, 0.717) is 0 Å². The molecule has 0 saturated carbocycles. The SMILES string of the molecule is C[PH](c1ccccc1)(c1ccccc1)c1cccc2c1Oc1c(cccc1P(c1ccccc1)c1ccccc1)CC2. The summed E-state index contributed by atoms with van der Waals surface area (Å²) >= 11 is 0. The van der Waals surface area contributed by atoms with E-state index in [4.69, 9.17) is 4.74 Å². The molecule has 1 heterocycles. The van der Waals surface area contributed by atoms with E-state index in [1.165, 1.54) is 43.0 Å². The van der Waals surface area contributed by atoms with Gasteiger partial charge in [0.15, 0.2) is 0 Å². The summed E-state index contributed by atoms with van der Waals surface area (Å²) in [7, 11) is -3.19. The van der Waals surface area contributed by atoms with Crippen molar-refractivity contribution in [1.29, 1.82) is 0 Å². The predicted octanol–water partition coefficient (Wildman–Crippen LogP) is 6.99. The molecule has 0 saturated heterocycles. The zero-order chi connectivity index (χ0) is 28.4. The number of benzene rings is 6. The Morgan fingerprint density at radius 3 is 1.45 bits per heavy atom. The second kappa shape index (κ2) is 11.7. The van der Waals surface area contributed by atoms with Crippen molar-refractivity contribution in [3.8, 4) is 11.5 Å². The van der Waals surface area contributed by atoms with Gasteiger partial charge in [0.25, 0.3) is 0 Å². The van der Waals surface area contributed by atoms with Crippen molar-refractivity contribution < 1.29 is 4.74 Å². The first kappa shape index (κ1) is 26.9. The third kappa shape index (κ3) is 4.88. The third-order valence-electron chi connectivity index (χ3n) is 8.55. The van der Waals surface area contributed by atoms with Crippen molar-refractivity contribution >= 4 is 47.0 Å². The van der Waals surface area contributed by atoms with Gasteiger partial charge in [-0.25, -0.2) is 0 Å². The number of fused-ring (bicyclic) bond motifs is 2. The zero-order valence-corrected chi connectivity index (χ0v) is 25.7. The van der Waals surface area contributed by atoms with E-state index in [-0.39, 0.29) is 0 Å². The third-order valence-corrected chi connectivity index (χ3v) is 15.5. The van der Waals surface area contributed by atoms with Crippen LogP contribution < -0.4 is 36.6 Å². The molecule has 0 radical (unpaired) electrons. The molecule has 0 aliphatic carbocycles. The van der Waals surface area contributed by atoms with Gasteiger partial charge >= 0.3 is 252 Å². The molecular weight excluding hydrogens is 546 g/mol. The topological polar surface area (TPSA) is 9.23 Å². The minimum absolute atomic E-state index is 0.801. The van der Waals surface area contributed by atoms with Gasteiger partial charge in [0.1, 0.15) is 0 Å². The van der Waals surface area contributed by atoms with Gasteiger partial charge in [0, 0.05) is 0 Å². The van der Waals surface area contributed by atoms with Crippen LogP contribution in [-0.2, 0) is 12.8 Å². The van der Waals surface area contributed by atoms with Crippen molar-refractivity contribution in [1.82, 2.24) is 0 Å². The van der Waals surface area contributed by atoms with E-state index >= 15 is 0 Å². The van der Waals surface area contributed by atoms with E-state index in [1.807, 2.05) is 0 Å². The van der Waals surface area contributed by atoms with Gasteiger partial charge in [-0.3, -0.25) is 0 Å². The molecule has 6 aromatic carbocycles. The van der Waals surface area contributed by atoms with E-state index in [1.54, 1.807) is 0 Å². The van der Waals surface area contributed by atoms with E-state index in [0.717, 1.165) is 24.3 Å². The molecule has 42 heavy (non-hydrogen) atoms. The summed E-state index contributed by atoms with van der Waals surface area (Å²) in [5.74, 6) is 2.10. The van der Waals surface area contributed by atoms with Crippen LogP contribution >= 0.6 is 15.2 Å². The van der Waals surface area contributed by atoms with Crippen LogP contribution in [0.5, 0.6) is 11.5 Å². The summed E-state index contributed by atoms with van der Waals surface area (Å²) in [4.78, 5) is 0. The van der Waals surface area contributed by atoms with E-state index < -0.39 is 15.2 Å². The second-order valence-corrected chi connectivity index (χ2v) is 17.2. The fourth-order valence-electron chi connectivity index (χ4n) is 6.33. The first-order valence-corrected chi connectivity index (χ1v) is 18.5. The van der Waals surface area contributed by atoms with Crippen molar-refractivity contribution in [2.45, 2.75) is 12.8 Å². The molecule has 7 rings (SSSR count). The van der Waals surface area contributed by atoms with Gasteiger partial charge in [-0.15, -0.1) is 0 Å². The van der Waals surface area contributed by atoms with Crippen LogP contribution in [0, 0.1) is 0 Å². The average molecular weight is 581 g/mol. The quantitative estimate of drug-likeness (QED) is 0.193. The van der Waals surface area contributed by atoms with Crippen LogP contribution in [-0.4, -0.2) is 6.66 Å². The molecule has 1 nitrogen and oxygen atoms in total. The number of rotatable bonds is 6. The van der Waals surface area contributed by atoms with Crippen LogP contribution in [0.25, 0.3) is 0 Å². The average Bonchev–Trinajstić information content (AvgIpc) is 3.26. The molecule has 1 aliphatic heterocycles. The Labute approximate surface area is 251 Å². The molecule has 0 atom stereocenters. The van der Waals surface area contributed by atoms with Crippen molar-refractivity contribution in [3.63, 3.8) is 0 Å². The van der Waals surface area contributed by atoms with Gasteiger partial charge in [0.05, 0.1) is 0 Å². The number of aryl methyl sites for hydroxylation is 2. The second-order valence-electron chi connectivity index (χ2n) is 11.0. The van der Waals surface area contributed by atoms with E-state index in [9.17, 15) is 0 Å². The monoisotopic (exact) mass is 580 g/mol. The van der Waals surface area contributed by atoms with Crippen molar-refractivity contribution in [2.24, 2.45) is 0 Å². The Kier molecular flexibility index (Phi) is 7.48. The van der Waals surface area contributed by atoms with E-state index in [2.05, 4.69) is 164 Å². The summed E-state index contributed by atoms with van der Waals surface area (Å²) in [6.07, 6.45) is 1.92. The Bertz CT molecular complexity index is 1720. The number of ether oxygens (including phenoxy) is 1. The van der Waals surface area contributed by atoms with Gasteiger partial charge in [-0.2, -0.15) is 0 Å². The predicted molar refractivity (Wildman–Crippen MR) is 185 cm³/mol. The summed E-state index contributed by atoms with van der Waals surface area (Å²) in [5, 5.41) is 8.07. The van der Waals surface area contributed by atoms with Crippen LogP contribution in [0.3, 0.4) is 0 Å². The van der Waals surface area contributed by atoms with Crippen molar-refractivity contribution in [3.05, 3.63) is 169 Å². The summed E-state index contributed by atoms with van der Waals surface area (Å²) in [6.45, 7) is 2.48. The van der Waals surface area contributed by atoms with Crippen molar-refractivity contribution in [2.75, 3.05) is 6.66 Å². The molecule has 3 heteroatoms. The van der Waals surface area contributed by atoms with Gasteiger partial charge in [-0.1, -0.05) is 0 Å². The first-order chi connectivity index (χ1) is 20.7. The first-order valence-electron chi connectivity index (χ1n) is 14.7. The molecule has 1 aliphatic rings. The maximum atomic E-state index is 7.33. The summed E-state index contributed by atoms with van der Waals surface area (Å²) in [6, 6.07) is 57.6. The Balaban J connectivity index is 1.44. The maximum absolute atomic E-state index is 7.33. The number of para-hydroxylation sites is 2. The van der Waals surface area contributed by atoms with Crippen LogP contribution in [0.1, 0.15) is 11.1 Å². The van der Waals surface area contributed by atoms with Gasteiger partial charge < -0.3 is 0 Å². The number of hydrogen-bond acceptors (Lipinski definition) is 1. The Morgan fingerprint density at radius 2 is 0.929 bits per heavy atom. The molecule has 0 amide bonds. The molecule has 6 aromatic rings. The Hall–Kier alpha value is -4.02. The molecule has 0 unspecified atom stereocenters. The van der Waals surface area contributed by atoms with Crippen LogP contribution in [0.4, 0.5) is 0 Å². The standard InChI is InChI=1S/C39H34OP2/c1-42(34-22-10-4-11-23-34,35-24-12-5-13-25-35)37-27-15-17-31-29-28-30-16-14-26-36(38(30)40-39(31)37)41(32-18-6-2-7-19-32)33-20-8-3-9-21-33/h2-27,42H,28-29H2,1H3. The molecule has 0 aromatic heterocycles. The minimum atomic E-state index is -2.39. The van der Waals surface area contributed by atoms with Gasteiger partial charge in [0.2, 0.25) is 0 Å². The Morgan fingerprint density at radius 1 is 0.476 bits per heavy atom. The molecule has 0 bridgehead atoms. The molecule has 0 fully saturated rings. The fourth-order valence-corrected chi connectivity index (χ4v) is 12.5. The zero-order valence-electron chi connectivity index (χ0n) is 23.8. The molecular formula is C39H34OP2. The van der Waals surface area contributed by atoms with Gasteiger partial charge in [-0.05, 0) is 0 Å². The molecule has 0 spiro atoms. The van der Waals surface area contributed by atoms with Crippen LogP contribution in [0.15, 0.2) is 158 Å². The number of hydrogen-bond donors (Lipinski definition) is 0. The fraction of sp³-hybridized carbons (Fsp3) is 0.0769. The summed E-state index contributed by atoms with van der Waals surface area (Å²) in [5.41, 5.74) is 2.58. The normalized spacial score (nSPS) is 13.0. The van der Waals surface area contributed by atoms with Crippen LogP contribution in [0.2, 0.25) is 0 Å².